The minimum Gasteiger partial charge on any atom is -0.345 e. The number of aromatic nitrogens is 2. The second-order valence-corrected chi connectivity index (χ2v) is 4.20. The number of imidazole rings is 1. The Bertz CT molecular complexity index is 506. The van der Waals surface area contributed by atoms with Gasteiger partial charge in [0, 0.05) is 17.7 Å². The van der Waals surface area contributed by atoms with Gasteiger partial charge in [0.1, 0.15) is 0 Å². The molecule has 0 unspecified atom stereocenters. The molecule has 2 rings (SSSR count). The number of anilines is 1. The van der Waals surface area contributed by atoms with Crippen molar-refractivity contribution < 1.29 is 4.79 Å². The summed E-state index contributed by atoms with van der Waals surface area (Å²) >= 11 is 0. The fourth-order valence-corrected chi connectivity index (χ4v) is 1.74. The first-order valence-corrected chi connectivity index (χ1v) is 6.18. The van der Waals surface area contributed by atoms with Gasteiger partial charge < -0.3 is 10.3 Å². The average Bonchev–Trinajstić information content (AvgIpc) is 2.90. The topological polar surface area (TPSA) is 57.8 Å². The van der Waals surface area contributed by atoms with Crippen LogP contribution in [0.5, 0.6) is 0 Å². The highest BCUT2D eigenvalue weighted by Gasteiger charge is 2.03. The van der Waals surface area contributed by atoms with Gasteiger partial charge in [0.25, 0.3) is 0 Å². The Morgan fingerprint density at radius 3 is 3.06 bits per heavy atom. The van der Waals surface area contributed by atoms with Gasteiger partial charge in [-0.25, -0.2) is 4.98 Å². The van der Waals surface area contributed by atoms with Gasteiger partial charge in [-0.1, -0.05) is 25.5 Å². The summed E-state index contributed by atoms with van der Waals surface area (Å²) in [6.45, 7) is 2.08. The van der Waals surface area contributed by atoms with E-state index in [4.69, 9.17) is 0 Å². The van der Waals surface area contributed by atoms with Crippen LogP contribution in [0, 0.1) is 0 Å². The zero-order chi connectivity index (χ0) is 12.8. The van der Waals surface area contributed by atoms with Gasteiger partial charge in [-0.15, -0.1) is 0 Å². The predicted molar refractivity (Wildman–Crippen MR) is 72.2 cm³/mol. The Hall–Kier alpha value is -2.10. The smallest absolute Gasteiger partial charge is 0.224 e. The van der Waals surface area contributed by atoms with Crippen LogP contribution in [0.4, 0.5) is 5.69 Å². The van der Waals surface area contributed by atoms with E-state index in [0.29, 0.717) is 6.42 Å². The van der Waals surface area contributed by atoms with Crippen molar-refractivity contribution in [3.05, 3.63) is 36.8 Å². The molecule has 0 spiro atoms. The summed E-state index contributed by atoms with van der Waals surface area (Å²) < 4.78 is 0. The summed E-state index contributed by atoms with van der Waals surface area (Å²) in [6, 6.07) is 7.74. The number of hydrogen-bond acceptors (Lipinski definition) is 2. The molecule has 4 heteroatoms. The quantitative estimate of drug-likeness (QED) is 0.847. The maximum atomic E-state index is 11.6. The largest absolute Gasteiger partial charge is 0.345 e. The van der Waals surface area contributed by atoms with Crippen molar-refractivity contribution in [2.45, 2.75) is 26.2 Å². The van der Waals surface area contributed by atoms with Gasteiger partial charge in [0.05, 0.1) is 18.2 Å². The molecule has 0 fully saturated rings. The van der Waals surface area contributed by atoms with Crippen molar-refractivity contribution in [3.63, 3.8) is 0 Å². The predicted octanol–water partition coefficient (Wildman–Crippen LogP) is 3.21. The average molecular weight is 243 g/mol. The summed E-state index contributed by atoms with van der Waals surface area (Å²) in [7, 11) is 0. The van der Waals surface area contributed by atoms with Gasteiger partial charge >= 0.3 is 0 Å². The third kappa shape index (κ3) is 3.20. The van der Waals surface area contributed by atoms with Crippen LogP contribution >= 0.6 is 0 Å². The van der Waals surface area contributed by atoms with Crippen LogP contribution in [0.15, 0.2) is 36.8 Å². The molecule has 0 aliphatic rings. The maximum Gasteiger partial charge on any atom is 0.224 e. The molecule has 0 bridgehead atoms. The molecule has 0 saturated carbocycles. The minimum absolute atomic E-state index is 0.0682. The molecule has 0 aliphatic heterocycles. The first kappa shape index (κ1) is 12.4. The number of unbranched alkanes of at least 4 members (excludes halogenated alkanes) is 1. The SMILES string of the molecule is CCCCC(=O)Nc1cccc(-c2cnc[nH]2)c1. The standard InChI is InChI=1S/C14H17N3O/c1-2-3-7-14(18)17-12-6-4-5-11(8-12)13-9-15-10-16-13/h4-6,8-10H,2-3,7H2,1H3,(H,15,16)(H,17,18). The molecule has 1 aromatic heterocycles. The van der Waals surface area contributed by atoms with E-state index in [1.807, 2.05) is 24.3 Å². The first-order chi connectivity index (χ1) is 8.79. The van der Waals surface area contributed by atoms with Crippen molar-refractivity contribution in [2.75, 3.05) is 5.32 Å². The zero-order valence-electron chi connectivity index (χ0n) is 10.4. The van der Waals surface area contributed by atoms with Gasteiger partial charge in [0.2, 0.25) is 5.91 Å². The van der Waals surface area contributed by atoms with Crippen molar-refractivity contribution in [3.8, 4) is 11.3 Å². The zero-order valence-corrected chi connectivity index (χ0v) is 10.4. The monoisotopic (exact) mass is 243 g/mol. The number of H-pyrrole nitrogens is 1. The van der Waals surface area contributed by atoms with Crippen LogP contribution in [0.1, 0.15) is 26.2 Å². The molecule has 2 N–H and O–H groups in total. The normalized spacial score (nSPS) is 10.3. The summed E-state index contributed by atoms with van der Waals surface area (Å²) in [4.78, 5) is 18.7. The lowest BCUT2D eigenvalue weighted by Crippen LogP contribution is -2.10. The number of nitrogens with one attached hydrogen (secondary N) is 2. The fraction of sp³-hybridized carbons (Fsp3) is 0.286. The Morgan fingerprint density at radius 2 is 2.33 bits per heavy atom. The Labute approximate surface area is 106 Å². The van der Waals surface area contributed by atoms with Gasteiger partial charge in [-0.05, 0) is 18.6 Å². The van der Waals surface area contributed by atoms with E-state index in [2.05, 4.69) is 22.2 Å². The Balaban J connectivity index is 2.06. The van der Waals surface area contributed by atoms with Crippen LogP contribution in [0.3, 0.4) is 0 Å². The molecule has 4 nitrogen and oxygen atoms in total. The maximum absolute atomic E-state index is 11.6. The molecule has 1 amide bonds. The summed E-state index contributed by atoms with van der Waals surface area (Å²) in [5, 5.41) is 2.91. The van der Waals surface area contributed by atoms with Crippen molar-refractivity contribution in [1.82, 2.24) is 9.97 Å². The van der Waals surface area contributed by atoms with Crippen LogP contribution in [0.2, 0.25) is 0 Å². The molecular weight excluding hydrogens is 226 g/mol. The number of amides is 1. The first-order valence-electron chi connectivity index (χ1n) is 6.18. The second-order valence-electron chi connectivity index (χ2n) is 4.20. The van der Waals surface area contributed by atoms with Gasteiger partial charge in [-0.3, -0.25) is 4.79 Å². The molecular formula is C14H17N3O. The van der Waals surface area contributed by atoms with E-state index in [1.165, 1.54) is 0 Å². The van der Waals surface area contributed by atoms with E-state index in [9.17, 15) is 4.79 Å². The van der Waals surface area contributed by atoms with Crippen LogP contribution in [-0.4, -0.2) is 15.9 Å². The lowest BCUT2D eigenvalue weighted by Gasteiger charge is -2.06. The van der Waals surface area contributed by atoms with E-state index >= 15 is 0 Å². The molecule has 94 valence electrons. The molecule has 0 atom stereocenters. The molecule has 0 aliphatic carbocycles. The van der Waals surface area contributed by atoms with Gasteiger partial charge in [0.15, 0.2) is 0 Å². The highest BCUT2D eigenvalue weighted by atomic mass is 16.1. The number of aromatic amines is 1. The van der Waals surface area contributed by atoms with E-state index < -0.39 is 0 Å². The van der Waals surface area contributed by atoms with E-state index in [-0.39, 0.29) is 5.91 Å². The third-order valence-electron chi connectivity index (χ3n) is 2.71. The fourth-order valence-electron chi connectivity index (χ4n) is 1.74. The van der Waals surface area contributed by atoms with Crippen LogP contribution < -0.4 is 5.32 Å². The second kappa shape index (κ2) is 6.00. The number of carbonyl (C=O) groups excluding carboxylic acids is 1. The Kier molecular flexibility index (Phi) is 4.12. The molecule has 0 saturated heterocycles. The van der Waals surface area contributed by atoms with E-state index in [0.717, 1.165) is 29.8 Å². The minimum atomic E-state index is 0.0682. The van der Waals surface area contributed by atoms with Gasteiger partial charge in [-0.2, -0.15) is 0 Å². The number of hydrogen-bond donors (Lipinski definition) is 2. The van der Waals surface area contributed by atoms with Crippen LogP contribution in [-0.2, 0) is 4.79 Å². The van der Waals surface area contributed by atoms with Crippen molar-refractivity contribution in [2.24, 2.45) is 0 Å². The molecule has 2 aromatic rings. The van der Waals surface area contributed by atoms with Crippen LogP contribution in [0.25, 0.3) is 11.3 Å². The highest BCUT2D eigenvalue weighted by Crippen LogP contribution is 2.20. The number of rotatable bonds is 5. The number of benzene rings is 1. The van der Waals surface area contributed by atoms with E-state index in [1.54, 1.807) is 12.5 Å². The molecule has 18 heavy (non-hydrogen) atoms. The summed E-state index contributed by atoms with van der Waals surface area (Å²) in [6.07, 6.45) is 5.93. The highest BCUT2D eigenvalue weighted by molar-refractivity contribution is 5.91. The Morgan fingerprint density at radius 1 is 1.44 bits per heavy atom. The van der Waals surface area contributed by atoms with Crippen molar-refractivity contribution in [1.29, 1.82) is 0 Å². The number of nitrogens with zero attached hydrogens (tertiary/aromatic N) is 1. The molecule has 1 heterocycles. The summed E-state index contributed by atoms with van der Waals surface area (Å²) in [5.74, 6) is 0.0682. The lowest BCUT2D eigenvalue weighted by molar-refractivity contribution is -0.116. The number of carbonyl (C=O) groups is 1. The van der Waals surface area contributed by atoms with Crippen molar-refractivity contribution >= 4 is 11.6 Å². The molecule has 1 aromatic carbocycles. The lowest BCUT2D eigenvalue weighted by atomic mass is 10.1. The summed E-state index contributed by atoms with van der Waals surface area (Å²) in [5.41, 5.74) is 2.78. The molecule has 0 radical (unpaired) electrons. The third-order valence-corrected chi connectivity index (χ3v) is 2.71.